The second-order valence-corrected chi connectivity index (χ2v) is 2.48. The molecule has 0 aromatic carbocycles. The standard InChI is InChI=1S/C7H10ClN3/c8-6-5-10-3-1-7(6)11-4-2-9/h1,3,5H,2,4,9H2,(H,10,11). The summed E-state index contributed by atoms with van der Waals surface area (Å²) in [6.07, 6.45) is 3.28. The first-order valence-corrected chi connectivity index (χ1v) is 3.76. The van der Waals surface area contributed by atoms with Gasteiger partial charge >= 0.3 is 0 Å². The van der Waals surface area contributed by atoms with Crippen LogP contribution in [0.1, 0.15) is 0 Å². The number of anilines is 1. The summed E-state index contributed by atoms with van der Waals surface area (Å²) in [5.41, 5.74) is 6.19. The first-order chi connectivity index (χ1) is 5.34. The third kappa shape index (κ3) is 2.37. The smallest absolute Gasteiger partial charge is 0.0820 e. The summed E-state index contributed by atoms with van der Waals surface area (Å²) in [6, 6.07) is 1.82. The molecule has 1 heterocycles. The van der Waals surface area contributed by atoms with Crippen LogP contribution in [0.4, 0.5) is 5.69 Å². The number of nitrogens with zero attached hydrogens (tertiary/aromatic N) is 1. The highest BCUT2D eigenvalue weighted by Crippen LogP contribution is 2.18. The van der Waals surface area contributed by atoms with Gasteiger partial charge in [-0.1, -0.05) is 11.6 Å². The summed E-state index contributed by atoms with van der Waals surface area (Å²) in [4.78, 5) is 3.85. The molecule has 0 unspecified atom stereocenters. The summed E-state index contributed by atoms with van der Waals surface area (Å²) < 4.78 is 0. The minimum atomic E-state index is 0.596. The van der Waals surface area contributed by atoms with Crippen molar-refractivity contribution in [2.24, 2.45) is 5.73 Å². The Labute approximate surface area is 70.6 Å². The fourth-order valence-corrected chi connectivity index (χ4v) is 0.912. The van der Waals surface area contributed by atoms with E-state index in [4.69, 9.17) is 17.3 Å². The molecule has 60 valence electrons. The van der Waals surface area contributed by atoms with Crippen LogP contribution in [0.15, 0.2) is 18.5 Å². The fourth-order valence-electron chi connectivity index (χ4n) is 0.725. The molecule has 0 aliphatic rings. The summed E-state index contributed by atoms with van der Waals surface area (Å²) in [6.45, 7) is 1.32. The molecule has 0 radical (unpaired) electrons. The minimum absolute atomic E-state index is 0.596. The van der Waals surface area contributed by atoms with Crippen molar-refractivity contribution < 1.29 is 0 Å². The van der Waals surface area contributed by atoms with E-state index >= 15 is 0 Å². The number of nitrogens with two attached hydrogens (primary N) is 1. The van der Waals surface area contributed by atoms with Crippen LogP contribution in [-0.4, -0.2) is 18.1 Å². The molecular weight excluding hydrogens is 162 g/mol. The van der Waals surface area contributed by atoms with Crippen molar-refractivity contribution in [2.75, 3.05) is 18.4 Å². The third-order valence-corrected chi connectivity index (χ3v) is 1.53. The van der Waals surface area contributed by atoms with Gasteiger partial charge in [0.25, 0.3) is 0 Å². The second-order valence-electron chi connectivity index (χ2n) is 2.07. The molecule has 0 saturated carbocycles. The Kier molecular flexibility index (Phi) is 3.14. The lowest BCUT2D eigenvalue weighted by molar-refractivity contribution is 1.02. The Morgan fingerprint density at radius 2 is 2.45 bits per heavy atom. The zero-order valence-corrected chi connectivity index (χ0v) is 6.80. The SMILES string of the molecule is NCCNc1ccncc1Cl. The molecule has 3 nitrogen and oxygen atoms in total. The molecule has 11 heavy (non-hydrogen) atoms. The molecule has 1 aromatic rings. The zero-order chi connectivity index (χ0) is 8.10. The van der Waals surface area contributed by atoms with Crippen molar-refractivity contribution in [3.8, 4) is 0 Å². The summed E-state index contributed by atoms with van der Waals surface area (Å²) >= 11 is 5.79. The van der Waals surface area contributed by atoms with Crippen LogP contribution in [0, 0.1) is 0 Å². The fraction of sp³-hybridized carbons (Fsp3) is 0.286. The van der Waals surface area contributed by atoms with Gasteiger partial charge in [-0.15, -0.1) is 0 Å². The summed E-state index contributed by atoms with van der Waals surface area (Å²) in [7, 11) is 0. The first kappa shape index (κ1) is 8.30. The molecule has 1 aromatic heterocycles. The summed E-state index contributed by atoms with van der Waals surface area (Å²) in [5.74, 6) is 0. The maximum absolute atomic E-state index is 5.79. The Balaban J connectivity index is 2.62. The van der Waals surface area contributed by atoms with Crippen molar-refractivity contribution >= 4 is 17.3 Å². The topological polar surface area (TPSA) is 50.9 Å². The molecule has 1 rings (SSSR count). The Hall–Kier alpha value is -0.800. The van der Waals surface area contributed by atoms with Crippen LogP contribution in [0.25, 0.3) is 0 Å². The van der Waals surface area contributed by atoms with Crippen LogP contribution in [0.5, 0.6) is 0 Å². The number of rotatable bonds is 3. The van der Waals surface area contributed by atoms with Gasteiger partial charge in [-0.3, -0.25) is 4.98 Å². The quantitative estimate of drug-likeness (QED) is 0.717. The van der Waals surface area contributed by atoms with Gasteiger partial charge in [-0.25, -0.2) is 0 Å². The number of hydrogen-bond acceptors (Lipinski definition) is 3. The van der Waals surface area contributed by atoms with Crippen molar-refractivity contribution in [2.45, 2.75) is 0 Å². The molecule has 3 N–H and O–H groups in total. The molecule has 0 saturated heterocycles. The van der Waals surface area contributed by atoms with Gasteiger partial charge in [-0.2, -0.15) is 0 Å². The van der Waals surface area contributed by atoms with E-state index in [0.29, 0.717) is 11.6 Å². The van der Waals surface area contributed by atoms with E-state index in [2.05, 4.69) is 10.3 Å². The molecule has 0 amide bonds. The maximum atomic E-state index is 5.79. The maximum Gasteiger partial charge on any atom is 0.0820 e. The van der Waals surface area contributed by atoms with Crippen molar-refractivity contribution in [1.29, 1.82) is 0 Å². The highest BCUT2D eigenvalue weighted by molar-refractivity contribution is 6.33. The lowest BCUT2D eigenvalue weighted by Gasteiger charge is -2.04. The highest BCUT2D eigenvalue weighted by atomic mass is 35.5. The number of aromatic nitrogens is 1. The van der Waals surface area contributed by atoms with Gasteiger partial charge < -0.3 is 11.1 Å². The third-order valence-electron chi connectivity index (χ3n) is 1.23. The van der Waals surface area contributed by atoms with Gasteiger partial charge in [0, 0.05) is 25.5 Å². The molecule has 0 bridgehead atoms. The molecule has 0 aliphatic heterocycles. The predicted octanol–water partition coefficient (Wildman–Crippen LogP) is 1.11. The summed E-state index contributed by atoms with van der Waals surface area (Å²) in [5, 5.41) is 3.69. The lowest BCUT2D eigenvalue weighted by Crippen LogP contribution is -2.13. The van der Waals surface area contributed by atoms with E-state index in [1.54, 1.807) is 12.4 Å². The number of halogens is 1. The first-order valence-electron chi connectivity index (χ1n) is 3.38. The van der Waals surface area contributed by atoms with E-state index in [1.807, 2.05) is 6.07 Å². The largest absolute Gasteiger partial charge is 0.382 e. The number of pyridine rings is 1. The molecule has 0 atom stereocenters. The number of nitrogens with one attached hydrogen (secondary N) is 1. The molecule has 0 spiro atoms. The van der Waals surface area contributed by atoms with Gasteiger partial charge in [0.2, 0.25) is 0 Å². The van der Waals surface area contributed by atoms with Crippen LogP contribution < -0.4 is 11.1 Å². The van der Waals surface area contributed by atoms with E-state index in [-0.39, 0.29) is 0 Å². The second kappa shape index (κ2) is 4.16. The number of hydrogen-bond donors (Lipinski definition) is 2. The van der Waals surface area contributed by atoms with Gasteiger partial charge in [0.15, 0.2) is 0 Å². The molecular formula is C7H10ClN3. The predicted molar refractivity (Wildman–Crippen MR) is 46.8 cm³/mol. The van der Waals surface area contributed by atoms with Crippen molar-refractivity contribution in [1.82, 2.24) is 4.98 Å². The zero-order valence-electron chi connectivity index (χ0n) is 6.05. The molecule has 0 aliphatic carbocycles. The van der Waals surface area contributed by atoms with Crippen LogP contribution >= 0.6 is 11.6 Å². The lowest BCUT2D eigenvalue weighted by atomic mass is 10.4. The van der Waals surface area contributed by atoms with E-state index < -0.39 is 0 Å². The molecule has 4 heteroatoms. The molecule has 0 fully saturated rings. The van der Waals surface area contributed by atoms with Crippen LogP contribution in [0.3, 0.4) is 0 Å². The Bertz CT molecular complexity index is 227. The van der Waals surface area contributed by atoms with Gasteiger partial charge in [-0.05, 0) is 6.07 Å². The van der Waals surface area contributed by atoms with Crippen molar-refractivity contribution in [3.63, 3.8) is 0 Å². The highest BCUT2D eigenvalue weighted by Gasteiger charge is 1.95. The van der Waals surface area contributed by atoms with E-state index in [1.165, 1.54) is 0 Å². The van der Waals surface area contributed by atoms with E-state index in [0.717, 1.165) is 12.2 Å². The van der Waals surface area contributed by atoms with Crippen LogP contribution in [0.2, 0.25) is 5.02 Å². The van der Waals surface area contributed by atoms with Gasteiger partial charge in [0.05, 0.1) is 10.7 Å². The van der Waals surface area contributed by atoms with Crippen LogP contribution in [-0.2, 0) is 0 Å². The van der Waals surface area contributed by atoms with Gasteiger partial charge in [0.1, 0.15) is 0 Å². The normalized spacial score (nSPS) is 9.64. The monoisotopic (exact) mass is 171 g/mol. The average Bonchev–Trinajstić information content (AvgIpc) is 2.03. The van der Waals surface area contributed by atoms with Crippen molar-refractivity contribution in [3.05, 3.63) is 23.5 Å². The Morgan fingerprint density at radius 3 is 3.09 bits per heavy atom. The Morgan fingerprint density at radius 1 is 1.64 bits per heavy atom. The minimum Gasteiger partial charge on any atom is -0.382 e. The van der Waals surface area contributed by atoms with E-state index in [9.17, 15) is 0 Å². The average molecular weight is 172 g/mol.